The number of rotatable bonds is 5. The van der Waals surface area contributed by atoms with Gasteiger partial charge in [0.05, 0.1) is 19.9 Å². The van der Waals surface area contributed by atoms with Crippen molar-refractivity contribution in [1.29, 1.82) is 0 Å². The van der Waals surface area contributed by atoms with E-state index in [9.17, 15) is 4.79 Å². The van der Waals surface area contributed by atoms with Crippen LogP contribution < -0.4 is 20.5 Å². The topological polar surface area (TPSA) is 80.1 Å². The number of carbonyl (C=O) groups excluding carboxylic acids is 1. The lowest BCUT2D eigenvalue weighted by Crippen LogP contribution is -2.64. The lowest BCUT2D eigenvalue weighted by molar-refractivity contribution is -0.134. The van der Waals surface area contributed by atoms with E-state index in [2.05, 4.69) is 15.1 Å². The summed E-state index contributed by atoms with van der Waals surface area (Å²) in [6, 6.07) is 5.54. The van der Waals surface area contributed by atoms with Crippen LogP contribution in [-0.2, 0) is 4.79 Å². The third-order valence-electron chi connectivity index (χ3n) is 5.95. The molecule has 2 aliphatic heterocycles. The summed E-state index contributed by atoms with van der Waals surface area (Å²) in [6.07, 6.45) is 4.88. The smallest absolute Gasteiger partial charge is 0.238 e. The molecule has 0 aliphatic carbocycles. The van der Waals surface area contributed by atoms with E-state index in [-0.39, 0.29) is 5.91 Å². The molecule has 0 bridgehead atoms. The second-order valence-corrected chi connectivity index (χ2v) is 7.81. The van der Waals surface area contributed by atoms with Gasteiger partial charge in [-0.2, -0.15) is 0 Å². The van der Waals surface area contributed by atoms with Crippen molar-refractivity contribution in [3.05, 3.63) is 18.2 Å². The van der Waals surface area contributed by atoms with Gasteiger partial charge in [0.15, 0.2) is 5.11 Å². The molecule has 28 heavy (non-hydrogen) atoms. The number of piperidine rings is 2. The Labute approximate surface area is 172 Å². The molecule has 0 spiro atoms. The van der Waals surface area contributed by atoms with Gasteiger partial charge in [0, 0.05) is 19.2 Å². The summed E-state index contributed by atoms with van der Waals surface area (Å²) in [7, 11) is 3.25. The Bertz CT molecular complexity index is 713. The quantitative estimate of drug-likeness (QED) is 0.726. The average Bonchev–Trinajstić information content (AvgIpc) is 2.74. The number of anilines is 1. The van der Waals surface area contributed by atoms with Crippen molar-refractivity contribution in [3.8, 4) is 11.5 Å². The third-order valence-corrected chi connectivity index (χ3v) is 6.31. The van der Waals surface area contributed by atoms with Gasteiger partial charge in [-0.15, -0.1) is 0 Å². The average molecular weight is 407 g/mol. The number of methoxy groups -OCH3 is 2. The van der Waals surface area contributed by atoms with Crippen molar-refractivity contribution in [2.24, 2.45) is 5.73 Å². The number of nitrogens with zero attached hydrogens (tertiary/aromatic N) is 2. The summed E-state index contributed by atoms with van der Waals surface area (Å²) in [5.74, 6) is 1.21. The normalized spacial score (nSPS) is 19.7. The molecule has 2 saturated heterocycles. The number of nitrogens with two attached hydrogens (primary N) is 1. The van der Waals surface area contributed by atoms with Crippen molar-refractivity contribution in [2.45, 2.75) is 37.6 Å². The summed E-state index contributed by atoms with van der Waals surface area (Å²) in [4.78, 5) is 16.8. The maximum absolute atomic E-state index is 12.4. The number of nitrogens with one attached hydrogen (secondary N) is 1. The highest BCUT2D eigenvalue weighted by Crippen LogP contribution is 2.33. The zero-order valence-corrected chi connectivity index (χ0v) is 17.5. The molecule has 0 atom stereocenters. The third kappa shape index (κ3) is 4.17. The molecule has 3 N–H and O–H groups in total. The number of carbonyl (C=O) groups is 1. The molecule has 2 aliphatic rings. The number of thiocarbonyl (C=S) groups is 1. The van der Waals surface area contributed by atoms with E-state index in [1.54, 1.807) is 14.2 Å². The fourth-order valence-corrected chi connectivity index (χ4v) is 4.52. The molecular formula is C20H30N4O3S. The number of ether oxygens (including phenoxy) is 2. The first-order chi connectivity index (χ1) is 13.5. The van der Waals surface area contributed by atoms with Crippen molar-refractivity contribution in [3.63, 3.8) is 0 Å². The second kappa shape index (κ2) is 8.96. The van der Waals surface area contributed by atoms with E-state index in [0.717, 1.165) is 37.4 Å². The largest absolute Gasteiger partial charge is 0.497 e. The molecule has 2 heterocycles. The zero-order chi connectivity index (χ0) is 20.1. The van der Waals surface area contributed by atoms with Crippen LogP contribution >= 0.6 is 12.2 Å². The van der Waals surface area contributed by atoms with E-state index in [1.165, 1.54) is 6.42 Å². The Morgan fingerprint density at radius 1 is 1.11 bits per heavy atom. The minimum atomic E-state index is -0.541. The molecule has 2 fully saturated rings. The Morgan fingerprint density at radius 2 is 1.79 bits per heavy atom. The lowest BCUT2D eigenvalue weighted by Gasteiger charge is -2.48. The van der Waals surface area contributed by atoms with Gasteiger partial charge in [-0.1, -0.05) is 6.42 Å². The molecule has 0 saturated carbocycles. The van der Waals surface area contributed by atoms with E-state index in [1.807, 2.05) is 18.2 Å². The molecule has 8 heteroatoms. The van der Waals surface area contributed by atoms with Gasteiger partial charge in [-0.25, -0.2) is 0 Å². The highest BCUT2D eigenvalue weighted by Gasteiger charge is 2.45. The first kappa shape index (κ1) is 20.7. The molecule has 0 unspecified atom stereocenters. The van der Waals surface area contributed by atoms with E-state index in [4.69, 9.17) is 27.4 Å². The minimum Gasteiger partial charge on any atom is -0.497 e. The fourth-order valence-electron chi connectivity index (χ4n) is 4.23. The molecule has 0 aromatic heterocycles. The molecule has 1 aromatic carbocycles. The standard InChI is InChI=1S/C20H30N4O3S/c1-26-15-6-7-17(27-2)16(14-15)22-19(28)23-12-8-20(9-13-23,18(21)25)24-10-4-3-5-11-24/h6-7,14H,3-5,8-13H2,1-2H3,(H2,21,25)(H,22,28). The maximum atomic E-state index is 12.4. The number of likely N-dealkylation sites (tertiary alicyclic amines) is 2. The molecule has 154 valence electrons. The summed E-state index contributed by atoms with van der Waals surface area (Å²) in [5.41, 5.74) is 6.09. The number of benzene rings is 1. The maximum Gasteiger partial charge on any atom is 0.238 e. The van der Waals surface area contributed by atoms with E-state index < -0.39 is 5.54 Å². The number of hydrogen-bond acceptors (Lipinski definition) is 5. The van der Waals surface area contributed by atoms with Gasteiger partial charge in [-0.3, -0.25) is 9.69 Å². The number of primary amides is 1. The van der Waals surface area contributed by atoms with Crippen molar-refractivity contribution < 1.29 is 14.3 Å². The second-order valence-electron chi connectivity index (χ2n) is 7.43. The highest BCUT2D eigenvalue weighted by molar-refractivity contribution is 7.80. The van der Waals surface area contributed by atoms with Crippen molar-refractivity contribution >= 4 is 28.9 Å². The monoisotopic (exact) mass is 406 g/mol. The predicted octanol–water partition coefficient (Wildman–Crippen LogP) is 2.21. The molecule has 3 rings (SSSR count). The van der Waals surface area contributed by atoms with Crippen LogP contribution in [0.2, 0.25) is 0 Å². The summed E-state index contributed by atoms with van der Waals surface area (Å²) < 4.78 is 10.7. The number of amides is 1. The van der Waals surface area contributed by atoms with E-state index >= 15 is 0 Å². The van der Waals surface area contributed by atoms with Crippen molar-refractivity contribution in [1.82, 2.24) is 9.80 Å². The van der Waals surface area contributed by atoms with Crippen molar-refractivity contribution in [2.75, 3.05) is 45.7 Å². The molecule has 1 aromatic rings. The molecule has 0 radical (unpaired) electrons. The predicted molar refractivity (Wildman–Crippen MR) is 114 cm³/mol. The van der Waals surface area contributed by atoms with Gasteiger partial charge in [0.25, 0.3) is 0 Å². The Balaban J connectivity index is 1.67. The lowest BCUT2D eigenvalue weighted by atomic mass is 9.83. The zero-order valence-electron chi connectivity index (χ0n) is 16.7. The number of hydrogen-bond donors (Lipinski definition) is 2. The van der Waals surface area contributed by atoms with Crippen LogP contribution in [0.15, 0.2) is 18.2 Å². The SMILES string of the molecule is COc1ccc(OC)c(NC(=S)N2CCC(C(N)=O)(N3CCCCC3)CC2)c1. The summed E-state index contributed by atoms with van der Waals surface area (Å²) in [6.45, 7) is 3.29. The van der Waals surface area contributed by atoms with Gasteiger partial charge in [0.1, 0.15) is 17.0 Å². The first-order valence-corrected chi connectivity index (χ1v) is 10.2. The van der Waals surface area contributed by atoms with Crippen LogP contribution in [0.4, 0.5) is 5.69 Å². The van der Waals surface area contributed by atoms with Gasteiger partial charge < -0.3 is 25.4 Å². The fraction of sp³-hybridized carbons (Fsp3) is 0.600. The van der Waals surface area contributed by atoms with Crippen LogP contribution in [0.5, 0.6) is 11.5 Å². The van der Waals surface area contributed by atoms with Gasteiger partial charge in [0.2, 0.25) is 5.91 Å². The van der Waals surface area contributed by atoms with E-state index in [0.29, 0.717) is 36.8 Å². The van der Waals surface area contributed by atoms with Crippen LogP contribution in [0.25, 0.3) is 0 Å². The summed E-state index contributed by atoms with van der Waals surface area (Å²) in [5, 5.41) is 3.88. The van der Waals surface area contributed by atoms with Crippen LogP contribution in [0.1, 0.15) is 32.1 Å². The minimum absolute atomic E-state index is 0.206. The van der Waals surface area contributed by atoms with Crippen LogP contribution in [-0.4, -0.2) is 66.8 Å². The molecule has 1 amide bonds. The molecule has 7 nitrogen and oxygen atoms in total. The Hall–Kier alpha value is -2.06. The highest BCUT2D eigenvalue weighted by atomic mass is 32.1. The molecular weight excluding hydrogens is 376 g/mol. The van der Waals surface area contributed by atoms with Gasteiger partial charge >= 0.3 is 0 Å². The Morgan fingerprint density at radius 3 is 2.36 bits per heavy atom. The summed E-state index contributed by atoms with van der Waals surface area (Å²) >= 11 is 5.63. The van der Waals surface area contributed by atoms with Crippen LogP contribution in [0, 0.1) is 0 Å². The first-order valence-electron chi connectivity index (χ1n) is 9.83. The van der Waals surface area contributed by atoms with Crippen LogP contribution in [0.3, 0.4) is 0 Å². The Kier molecular flexibility index (Phi) is 6.61. The van der Waals surface area contributed by atoms with Gasteiger partial charge in [-0.05, 0) is 63.1 Å².